The maximum Gasteiger partial charge on any atom is 0.408 e. The van der Waals surface area contributed by atoms with E-state index in [-0.39, 0.29) is 6.42 Å². The van der Waals surface area contributed by atoms with Crippen LogP contribution in [-0.2, 0) is 9.53 Å². The van der Waals surface area contributed by atoms with Crippen LogP contribution in [-0.4, -0.2) is 24.8 Å². The van der Waals surface area contributed by atoms with Crippen molar-refractivity contribution in [2.45, 2.75) is 38.8 Å². The Morgan fingerprint density at radius 2 is 1.81 bits per heavy atom. The number of methoxy groups -OCH3 is 1. The van der Waals surface area contributed by atoms with Gasteiger partial charge in [-0.25, -0.2) is 4.79 Å². The Morgan fingerprint density at radius 3 is 2.24 bits per heavy atom. The number of carboxylic acids is 1. The molecular formula is C15H20NO5-. The number of benzene rings is 1. The van der Waals surface area contributed by atoms with E-state index in [2.05, 4.69) is 5.32 Å². The van der Waals surface area contributed by atoms with Gasteiger partial charge in [0.2, 0.25) is 0 Å². The molecule has 21 heavy (non-hydrogen) atoms. The van der Waals surface area contributed by atoms with Crippen molar-refractivity contribution in [3.63, 3.8) is 0 Å². The van der Waals surface area contributed by atoms with Crippen LogP contribution in [0, 0.1) is 0 Å². The SMILES string of the molecule is COc1ccc([C@H](CC(=O)[O-])NC(=O)OC(C)(C)C)cc1. The van der Waals surface area contributed by atoms with E-state index in [9.17, 15) is 14.7 Å². The first-order chi connectivity index (χ1) is 9.71. The summed E-state index contributed by atoms with van der Waals surface area (Å²) in [6.45, 7) is 5.19. The molecule has 0 radical (unpaired) electrons. The fraction of sp³-hybridized carbons (Fsp3) is 0.467. The van der Waals surface area contributed by atoms with E-state index in [1.54, 1.807) is 45.0 Å². The predicted octanol–water partition coefficient (Wildman–Crippen LogP) is 1.40. The van der Waals surface area contributed by atoms with Gasteiger partial charge in [-0.3, -0.25) is 0 Å². The second-order valence-electron chi connectivity index (χ2n) is 5.55. The van der Waals surface area contributed by atoms with Gasteiger partial charge in [-0.05, 0) is 38.5 Å². The molecule has 0 saturated carbocycles. The maximum absolute atomic E-state index is 11.8. The number of ether oxygens (including phenoxy) is 2. The summed E-state index contributed by atoms with van der Waals surface area (Å²) in [5, 5.41) is 13.4. The number of carbonyl (C=O) groups is 2. The Kier molecular flexibility index (Phi) is 5.58. The smallest absolute Gasteiger partial charge is 0.408 e. The normalized spacial score (nSPS) is 12.4. The maximum atomic E-state index is 11.8. The molecule has 1 amide bonds. The number of carbonyl (C=O) groups excluding carboxylic acids is 2. The quantitative estimate of drug-likeness (QED) is 0.887. The van der Waals surface area contributed by atoms with Crippen molar-refractivity contribution in [2.75, 3.05) is 7.11 Å². The van der Waals surface area contributed by atoms with E-state index in [4.69, 9.17) is 9.47 Å². The second-order valence-corrected chi connectivity index (χ2v) is 5.55. The molecule has 0 aromatic heterocycles. The first-order valence-corrected chi connectivity index (χ1v) is 6.54. The van der Waals surface area contributed by atoms with Crippen LogP contribution in [0.2, 0.25) is 0 Å². The largest absolute Gasteiger partial charge is 0.550 e. The number of hydrogen-bond donors (Lipinski definition) is 1. The molecule has 0 aliphatic carbocycles. The Hall–Kier alpha value is -2.24. The van der Waals surface area contributed by atoms with Gasteiger partial charge in [0.05, 0.1) is 13.2 Å². The third-order valence-electron chi connectivity index (χ3n) is 2.58. The molecule has 116 valence electrons. The zero-order valence-electron chi connectivity index (χ0n) is 12.6. The van der Waals surface area contributed by atoms with Gasteiger partial charge in [-0.15, -0.1) is 0 Å². The van der Waals surface area contributed by atoms with Crippen LogP contribution in [0.1, 0.15) is 38.8 Å². The van der Waals surface area contributed by atoms with E-state index in [0.717, 1.165) is 0 Å². The summed E-state index contributed by atoms with van der Waals surface area (Å²) in [5.74, 6) is -0.616. The molecule has 1 rings (SSSR count). The zero-order chi connectivity index (χ0) is 16.0. The molecule has 1 aromatic carbocycles. The standard InChI is InChI=1S/C15H21NO5/c1-15(2,3)21-14(19)16-12(9-13(17)18)10-5-7-11(20-4)8-6-10/h5-8,12H,9H2,1-4H3,(H,16,19)(H,17,18)/p-1/t12-/m0/s1. The van der Waals surface area contributed by atoms with Crippen molar-refractivity contribution in [3.8, 4) is 5.75 Å². The number of aliphatic carboxylic acids is 1. The van der Waals surface area contributed by atoms with Gasteiger partial charge in [0, 0.05) is 12.4 Å². The van der Waals surface area contributed by atoms with Gasteiger partial charge >= 0.3 is 6.09 Å². The topological polar surface area (TPSA) is 87.7 Å². The first kappa shape index (κ1) is 16.8. The Bertz CT molecular complexity index is 490. The van der Waals surface area contributed by atoms with E-state index in [1.807, 2.05) is 0 Å². The molecule has 0 fully saturated rings. The lowest BCUT2D eigenvalue weighted by Crippen LogP contribution is -2.37. The molecule has 6 nitrogen and oxygen atoms in total. The minimum atomic E-state index is -1.26. The van der Waals surface area contributed by atoms with Gasteiger partial charge in [0.25, 0.3) is 0 Å². The second kappa shape index (κ2) is 6.97. The molecule has 0 aliphatic heterocycles. The summed E-state index contributed by atoms with van der Waals surface area (Å²) in [4.78, 5) is 22.6. The lowest BCUT2D eigenvalue weighted by atomic mass is 10.0. The van der Waals surface area contributed by atoms with Crippen LogP contribution >= 0.6 is 0 Å². The zero-order valence-corrected chi connectivity index (χ0v) is 12.6. The average Bonchev–Trinajstić information content (AvgIpc) is 2.35. The van der Waals surface area contributed by atoms with Gasteiger partial charge in [0.1, 0.15) is 11.4 Å². The lowest BCUT2D eigenvalue weighted by molar-refractivity contribution is -0.306. The highest BCUT2D eigenvalue weighted by molar-refractivity contribution is 5.71. The van der Waals surface area contributed by atoms with E-state index in [1.165, 1.54) is 7.11 Å². The van der Waals surface area contributed by atoms with Crippen molar-refractivity contribution in [2.24, 2.45) is 0 Å². The Morgan fingerprint density at radius 1 is 1.24 bits per heavy atom. The summed E-state index contributed by atoms with van der Waals surface area (Å²) < 4.78 is 10.2. The van der Waals surface area contributed by atoms with Crippen LogP contribution in [0.5, 0.6) is 5.75 Å². The van der Waals surface area contributed by atoms with Crippen LogP contribution in [0.25, 0.3) is 0 Å². The van der Waals surface area contributed by atoms with Crippen molar-refractivity contribution in [1.29, 1.82) is 0 Å². The van der Waals surface area contributed by atoms with Crippen molar-refractivity contribution < 1.29 is 24.2 Å². The number of carboxylic acid groups (broad SMARTS) is 1. The monoisotopic (exact) mass is 294 g/mol. The molecule has 0 bridgehead atoms. The third-order valence-corrected chi connectivity index (χ3v) is 2.58. The summed E-state index contributed by atoms with van der Waals surface area (Å²) >= 11 is 0. The molecule has 0 spiro atoms. The third kappa shape index (κ3) is 6.16. The molecule has 6 heteroatoms. The van der Waals surface area contributed by atoms with Gasteiger partial charge in [0.15, 0.2) is 0 Å². The molecular weight excluding hydrogens is 274 g/mol. The summed E-state index contributed by atoms with van der Waals surface area (Å²) in [7, 11) is 1.53. The van der Waals surface area contributed by atoms with Crippen LogP contribution in [0.3, 0.4) is 0 Å². The Labute approximate surface area is 124 Å². The summed E-state index contributed by atoms with van der Waals surface area (Å²) in [6, 6.07) is 6.02. The molecule has 0 unspecified atom stereocenters. The predicted molar refractivity (Wildman–Crippen MR) is 74.7 cm³/mol. The van der Waals surface area contributed by atoms with Crippen molar-refractivity contribution >= 4 is 12.1 Å². The molecule has 1 aromatic rings. The number of alkyl carbamates (subject to hydrolysis) is 1. The highest BCUT2D eigenvalue weighted by Crippen LogP contribution is 2.21. The van der Waals surface area contributed by atoms with E-state index in [0.29, 0.717) is 11.3 Å². The highest BCUT2D eigenvalue weighted by Gasteiger charge is 2.20. The van der Waals surface area contributed by atoms with Crippen molar-refractivity contribution in [1.82, 2.24) is 5.32 Å². The summed E-state index contributed by atoms with van der Waals surface area (Å²) in [5.41, 5.74) is -0.0263. The average molecular weight is 294 g/mol. The summed E-state index contributed by atoms with van der Waals surface area (Å²) in [6.07, 6.45) is -1.02. The molecule has 1 atom stereocenters. The van der Waals surface area contributed by atoms with Crippen LogP contribution < -0.4 is 15.2 Å². The minimum absolute atomic E-state index is 0.342. The first-order valence-electron chi connectivity index (χ1n) is 6.54. The number of nitrogens with one attached hydrogen (secondary N) is 1. The van der Waals surface area contributed by atoms with Gasteiger partial charge in [-0.1, -0.05) is 12.1 Å². The molecule has 0 saturated heterocycles. The van der Waals surface area contributed by atoms with E-state index >= 15 is 0 Å². The number of amides is 1. The van der Waals surface area contributed by atoms with Gasteiger partial charge < -0.3 is 24.7 Å². The number of hydrogen-bond acceptors (Lipinski definition) is 5. The van der Waals surface area contributed by atoms with Crippen molar-refractivity contribution in [3.05, 3.63) is 29.8 Å². The van der Waals surface area contributed by atoms with Crippen LogP contribution in [0.15, 0.2) is 24.3 Å². The molecule has 0 aliphatic rings. The van der Waals surface area contributed by atoms with Crippen LogP contribution in [0.4, 0.5) is 4.79 Å². The molecule has 1 N–H and O–H groups in total. The number of rotatable bonds is 5. The lowest BCUT2D eigenvalue weighted by Gasteiger charge is -2.24. The Balaban J connectivity index is 2.84. The fourth-order valence-corrected chi connectivity index (χ4v) is 1.70. The minimum Gasteiger partial charge on any atom is -0.550 e. The molecule has 0 heterocycles. The highest BCUT2D eigenvalue weighted by atomic mass is 16.6. The van der Waals surface area contributed by atoms with Gasteiger partial charge in [-0.2, -0.15) is 0 Å². The van der Waals surface area contributed by atoms with E-state index < -0.39 is 23.7 Å². The fourth-order valence-electron chi connectivity index (χ4n) is 1.70.